The number of anilines is 6. The monoisotopic (exact) mass is 844 g/mol. The van der Waals surface area contributed by atoms with Gasteiger partial charge in [0.05, 0.1) is 17.0 Å². The van der Waals surface area contributed by atoms with Crippen LogP contribution in [-0.2, 0) is 21.7 Å². The topological polar surface area (TPSA) is 19.6 Å². The first-order valence-corrected chi connectivity index (χ1v) is 23.6. The van der Waals surface area contributed by atoms with E-state index in [1.807, 2.05) is 23.7 Å². The predicted octanol–water partition coefficient (Wildman–Crippen LogP) is 15.2. The molecular formula is C58H61BN2OS. The molecule has 2 aliphatic rings. The van der Waals surface area contributed by atoms with Crippen LogP contribution in [0.4, 0.5) is 33.4 Å². The molecule has 0 saturated carbocycles. The van der Waals surface area contributed by atoms with E-state index in [9.17, 15) is 0 Å². The van der Waals surface area contributed by atoms with Crippen molar-refractivity contribution in [3.63, 3.8) is 0 Å². The first-order valence-electron chi connectivity index (χ1n) is 22.8. The highest BCUT2D eigenvalue weighted by Crippen LogP contribution is 2.51. The summed E-state index contributed by atoms with van der Waals surface area (Å²) in [6.07, 6.45) is 1.93. The minimum Gasteiger partial charge on any atom is -0.464 e. The summed E-state index contributed by atoms with van der Waals surface area (Å²) in [6, 6.07) is 42.2. The van der Waals surface area contributed by atoms with Crippen LogP contribution in [-0.4, -0.2) is 6.71 Å². The summed E-state index contributed by atoms with van der Waals surface area (Å²) < 4.78 is 7.42. The summed E-state index contributed by atoms with van der Waals surface area (Å²) in [5.41, 5.74) is 21.4. The molecule has 0 fully saturated rings. The van der Waals surface area contributed by atoms with Crippen LogP contribution in [0.15, 0.2) is 120 Å². The first kappa shape index (κ1) is 41.5. The van der Waals surface area contributed by atoms with Crippen LogP contribution < -0.4 is 26.2 Å². The van der Waals surface area contributed by atoms with Gasteiger partial charge < -0.3 is 14.2 Å². The third-order valence-corrected chi connectivity index (χ3v) is 15.0. The van der Waals surface area contributed by atoms with Crippen LogP contribution in [0.3, 0.4) is 0 Å². The van der Waals surface area contributed by atoms with E-state index in [0.29, 0.717) is 0 Å². The lowest BCUT2D eigenvalue weighted by atomic mass is 9.33. The summed E-state index contributed by atoms with van der Waals surface area (Å²) in [5.74, 6) is 0. The number of hydrogen-bond acceptors (Lipinski definition) is 4. The molecule has 2 aliphatic heterocycles. The lowest BCUT2D eigenvalue weighted by molar-refractivity contribution is 0.589. The summed E-state index contributed by atoms with van der Waals surface area (Å²) in [4.78, 5) is 5.26. The second kappa shape index (κ2) is 14.0. The van der Waals surface area contributed by atoms with Crippen molar-refractivity contribution in [1.29, 1.82) is 0 Å². The number of hydrogen-bond donors (Lipinski definition) is 0. The molecule has 318 valence electrons. The Morgan fingerprint density at radius 3 is 1.71 bits per heavy atom. The number of para-hydroxylation sites is 1. The number of rotatable bonds is 3. The van der Waals surface area contributed by atoms with Crippen LogP contribution >= 0.6 is 11.3 Å². The van der Waals surface area contributed by atoms with E-state index in [2.05, 4.69) is 210 Å². The van der Waals surface area contributed by atoms with E-state index < -0.39 is 0 Å². The maximum atomic E-state index is 6.09. The van der Waals surface area contributed by atoms with Gasteiger partial charge in [-0.2, -0.15) is 0 Å². The van der Waals surface area contributed by atoms with Gasteiger partial charge in [-0.1, -0.05) is 138 Å². The Balaban J connectivity index is 1.33. The molecule has 5 heteroatoms. The fraction of sp³-hybridized carbons (Fsp3) is 0.310. The average Bonchev–Trinajstić information content (AvgIpc) is 3.81. The Kier molecular flexibility index (Phi) is 9.21. The highest BCUT2D eigenvalue weighted by Gasteiger charge is 2.47. The van der Waals surface area contributed by atoms with Gasteiger partial charge in [-0.25, -0.2) is 0 Å². The third kappa shape index (κ3) is 6.68. The SMILES string of the molecule is Cc1cc(-c2coc3ccccc23)cc(C)c1N1c2cc(C(C)(C)C)cc3c2B(c2cc(C(C)(C)C)ccc2N3c2ccc(C(C)(C)C)cc2)c2c1sc1ccc(C(C)(C)C)cc21. The molecule has 0 atom stereocenters. The van der Waals surface area contributed by atoms with Crippen molar-refractivity contribution < 1.29 is 4.42 Å². The number of aryl methyl sites for hydroxylation is 2. The lowest BCUT2D eigenvalue weighted by Gasteiger charge is -2.45. The Morgan fingerprint density at radius 2 is 1.08 bits per heavy atom. The van der Waals surface area contributed by atoms with Crippen LogP contribution in [0.25, 0.3) is 32.2 Å². The summed E-state index contributed by atoms with van der Waals surface area (Å²) in [7, 11) is 0. The zero-order valence-corrected chi connectivity index (χ0v) is 40.6. The minimum absolute atomic E-state index is 0.00218. The zero-order valence-electron chi connectivity index (χ0n) is 39.8. The minimum atomic E-state index is -0.108. The molecule has 3 nitrogen and oxygen atoms in total. The number of fused-ring (bicyclic) bond motifs is 7. The van der Waals surface area contributed by atoms with Crippen molar-refractivity contribution in [1.82, 2.24) is 0 Å². The van der Waals surface area contributed by atoms with E-state index in [0.717, 1.165) is 16.5 Å². The summed E-state index contributed by atoms with van der Waals surface area (Å²) >= 11 is 1.95. The standard InChI is InChI=1S/C58H61BN2OS/c1-34-27-36(44-33-62-49-18-16-15-17-42(44)49)28-35(2)53(34)61-48-32-40(58(12,13)14)31-47-52(48)59(51-43-29-38(56(6,7)8)22-26-50(43)63-54(51)61)45-30-39(57(9,10)11)21-25-46(45)60(47)41-23-19-37(20-24-41)55(3,4)5/h15-33H,1-14H3. The molecule has 8 aromatic rings. The Morgan fingerprint density at radius 1 is 0.508 bits per heavy atom. The normalized spacial score (nSPS) is 14.1. The van der Waals surface area contributed by atoms with Crippen LogP contribution in [0, 0.1) is 13.8 Å². The molecule has 10 rings (SSSR count). The first-order chi connectivity index (χ1) is 29.6. The second-order valence-electron chi connectivity index (χ2n) is 22.5. The van der Waals surface area contributed by atoms with E-state index in [1.165, 1.54) is 98.9 Å². The van der Waals surface area contributed by atoms with Gasteiger partial charge in [0.2, 0.25) is 0 Å². The van der Waals surface area contributed by atoms with Crippen molar-refractivity contribution in [2.75, 3.05) is 9.80 Å². The predicted molar refractivity (Wildman–Crippen MR) is 275 cm³/mol. The number of thiophene rings is 1. The largest absolute Gasteiger partial charge is 0.464 e. The van der Waals surface area contributed by atoms with Gasteiger partial charge in [0, 0.05) is 38.4 Å². The Labute approximate surface area is 379 Å². The van der Waals surface area contributed by atoms with Gasteiger partial charge in [-0.15, -0.1) is 11.3 Å². The molecule has 0 saturated heterocycles. The quantitative estimate of drug-likeness (QED) is 0.165. The van der Waals surface area contributed by atoms with Crippen molar-refractivity contribution in [3.05, 3.63) is 149 Å². The smallest absolute Gasteiger partial charge is 0.254 e. The van der Waals surface area contributed by atoms with Gasteiger partial charge >= 0.3 is 0 Å². The Hall–Kier alpha value is -5.52. The number of furan rings is 1. The fourth-order valence-corrected chi connectivity index (χ4v) is 11.4. The van der Waals surface area contributed by atoms with E-state index in [-0.39, 0.29) is 28.4 Å². The number of nitrogens with zero attached hydrogens (tertiary/aromatic N) is 2. The van der Waals surface area contributed by atoms with E-state index >= 15 is 0 Å². The lowest BCUT2D eigenvalue weighted by Crippen LogP contribution is -2.61. The summed E-state index contributed by atoms with van der Waals surface area (Å²) in [6.45, 7) is 32.7. The van der Waals surface area contributed by atoms with Crippen LogP contribution in [0.2, 0.25) is 0 Å². The molecule has 0 spiro atoms. The van der Waals surface area contributed by atoms with Gasteiger partial charge in [-0.05, 0) is 151 Å². The maximum Gasteiger partial charge on any atom is 0.254 e. The van der Waals surface area contributed by atoms with Gasteiger partial charge in [0.15, 0.2) is 0 Å². The van der Waals surface area contributed by atoms with Gasteiger partial charge in [-0.3, -0.25) is 0 Å². The third-order valence-electron chi connectivity index (χ3n) is 13.8. The number of benzene rings is 6. The van der Waals surface area contributed by atoms with Crippen LogP contribution in [0.1, 0.15) is 116 Å². The van der Waals surface area contributed by atoms with E-state index in [4.69, 9.17) is 4.42 Å². The second-order valence-corrected chi connectivity index (χ2v) is 23.5. The maximum absolute atomic E-state index is 6.09. The van der Waals surface area contributed by atoms with Crippen molar-refractivity contribution >= 4 is 88.9 Å². The molecule has 0 radical (unpaired) electrons. The van der Waals surface area contributed by atoms with Crippen molar-refractivity contribution in [3.8, 4) is 11.1 Å². The molecule has 4 heterocycles. The molecule has 0 aliphatic carbocycles. The van der Waals surface area contributed by atoms with Crippen LogP contribution in [0.5, 0.6) is 0 Å². The van der Waals surface area contributed by atoms with Crippen molar-refractivity contribution in [2.24, 2.45) is 0 Å². The van der Waals surface area contributed by atoms with Gasteiger partial charge in [0.1, 0.15) is 5.58 Å². The average molecular weight is 845 g/mol. The molecule has 2 aromatic heterocycles. The molecule has 6 aromatic carbocycles. The molecule has 63 heavy (non-hydrogen) atoms. The molecular weight excluding hydrogens is 784 g/mol. The highest BCUT2D eigenvalue weighted by molar-refractivity contribution is 7.26. The zero-order chi connectivity index (χ0) is 44.7. The van der Waals surface area contributed by atoms with Gasteiger partial charge in [0.25, 0.3) is 6.71 Å². The van der Waals surface area contributed by atoms with Crippen molar-refractivity contribution in [2.45, 2.75) is 119 Å². The molecule has 0 N–H and O–H groups in total. The molecule has 0 amide bonds. The fourth-order valence-electron chi connectivity index (χ4n) is 10.2. The Bertz CT molecular complexity index is 3110. The molecule has 0 unspecified atom stereocenters. The highest BCUT2D eigenvalue weighted by atomic mass is 32.1. The van der Waals surface area contributed by atoms with E-state index in [1.54, 1.807) is 0 Å². The molecule has 0 bridgehead atoms. The summed E-state index contributed by atoms with van der Waals surface area (Å²) in [5, 5.41) is 3.82.